The number of hydrogen-bond donors (Lipinski definition) is 3. The molecular formula is C11H10N4O2S. The fourth-order valence-corrected chi connectivity index (χ4v) is 2.20. The Morgan fingerprint density at radius 3 is 3.11 bits per heavy atom. The maximum atomic E-state index is 11.0. The molecule has 3 rings (SSSR count). The molecule has 0 atom stereocenters. The molecule has 0 aliphatic rings. The van der Waals surface area contributed by atoms with Gasteiger partial charge in [0, 0.05) is 11.1 Å². The molecule has 0 fully saturated rings. The van der Waals surface area contributed by atoms with E-state index in [9.17, 15) is 4.79 Å². The number of nitrogens with two attached hydrogens (primary N) is 1. The van der Waals surface area contributed by atoms with Crippen molar-refractivity contribution in [2.45, 2.75) is 6.54 Å². The molecule has 0 saturated heterocycles. The van der Waals surface area contributed by atoms with Gasteiger partial charge in [-0.1, -0.05) is 17.4 Å². The Labute approximate surface area is 105 Å². The first kappa shape index (κ1) is 10.8. The summed E-state index contributed by atoms with van der Waals surface area (Å²) in [6.45, 7) is 0.450. The van der Waals surface area contributed by atoms with E-state index in [1.54, 1.807) is 17.5 Å². The molecule has 0 spiro atoms. The highest BCUT2D eigenvalue weighted by Crippen LogP contribution is 2.23. The highest BCUT2D eigenvalue weighted by atomic mass is 32.1. The minimum atomic E-state index is -0.0754. The number of thiazole rings is 1. The van der Waals surface area contributed by atoms with Crippen LogP contribution in [0.2, 0.25) is 0 Å². The lowest BCUT2D eigenvalue weighted by Gasteiger charge is -1.97. The molecule has 0 saturated carbocycles. The summed E-state index contributed by atoms with van der Waals surface area (Å²) in [4.78, 5) is 17.8. The van der Waals surface area contributed by atoms with Crippen molar-refractivity contribution in [1.82, 2.24) is 9.97 Å². The average Bonchev–Trinajstić information content (AvgIpc) is 2.93. The summed E-state index contributed by atoms with van der Waals surface area (Å²) in [6.07, 6.45) is 0. The number of benzene rings is 1. The van der Waals surface area contributed by atoms with Gasteiger partial charge < -0.3 is 20.5 Å². The number of rotatable bonds is 3. The second-order valence-corrected chi connectivity index (χ2v) is 4.58. The standard InChI is InChI=1S/C11H10N4O2S/c12-7-2-1-3-8-9(7)15-10(17-8)13-4-6-5-18-11(16)14-6/h1-3,5H,4,12H2,(H,13,15)(H,14,16). The highest BCUT2D eigenvalue weighted by molar-refractivity contribution is 7.07. The summed E-state index contributed by atoms with van der Waals surface area (Å²) >= 11 is 1.12. The number of hydrogen-bond acceptors (Lipinski definition) is 6. The van der Waals surface area contributed by atoms with Crippen LogP contribution in [-0.2, 0) is 6.54 Å². The monoisotopic (exact) mass is 262 g/mol. The van der Waals surface area contributed by atoms with Crippen LogP contribution in [0.3, 0.4) is 0 Å². The van der Waals surface area contributed by atoms with Gasteiger partial charge in [-0.05, 0) is 12.1 Å². The molecule has 18 heavy (non-hydrogen) atoms. The summed E-state index contributed by atoms with van der Waals surface area (Å²) < 4.78 is 5.49. The summed E-state index contributed by atoms with van der Waals surface area (Å²) in [5.41, 5.74) is 8.43. The molecule has 2 aromatic heterocycles. The zero-order valence-corrected chi connectivity index (χ0v) is 10.1. The van der Waals surface area contributed by atoms with Crippen LogP contribution in [-0.4, -0.2) is 9.97 Å². The Bertz CT molecular complexity index is 743. The first-order chi connectivity index (χ1) is 8.72. The van der Waals surface area contributed by atoms with Crippen molar-refractivity contribution in [2.24, 2.45) is 0 Å². The van der Waals surface area contributed by atoms with Gasteiger partial charge >= 0.3 is 4.87 Å². The third-order valence-corrected chi connectivity index (χ3v) is 3.17. The molecule has 0 bridgehead atoms. The third kappa shape index (κ3) is 1.95. The number of nitrogens with zero attached hydrogens (tertiary/aromatic N) is 1. The van der Waals surface area contributed by atoms with Crippen molar-refractivity contribution >= 4 is 34.1 Å². The molecule has 4 N–H and O–H groups in total. The summed E-state index contributed by atoms with van der Waals surface area (Å²) in [6, 6.07) is 5.76. The smallest absolute Gasteiger partial charge is 0.304 e. The highest BCUT2D eigenvalue weighted by Gasteiger charge is 2.07. The molecule has 3 aromatic rings. The van der Waals surface area contributed by atoms with Crippen molar-refractivity contribution in [1.29, 1.82) is 0 Å². The Hall–Kier alpha value is -2.28. The molecule has 0 amide bonds. The van der Waals surface area contributed by atoms with E-state index in [0.29, 0.717) is 29.3 Å². The van der Waals surface area contributed by atoms with Crippen molar-refractivity contribution in [2.75, 3.05) is 11.1 Å². The van der Waals surface area contributed by atoms with Crippen LogP contribution in [0.5, 0.6) is 0 Å². The van der Waals surface area contributed by atoms with E-state index in [0.717, 1.165) is 17.0 Å². The van der Waals surface area contributed by atoms with E-state index in [2.05, 4.69) is 15.3 Å². The van der Waals surface area contributed by atoms with Gasteiger partial charge in [0.05, 0.1) is 12.2 Å². The summed E-state index contributed by atoms with van der Waals surface area (Å²) in [5, 5.41) is 4.75. The first-order valence-corrected chi connectivity index (χ1v) is 6.16. The molecule has 0 aliphatic carbocycles. The lowest BCUT2D eigenvalue weighted by molar-refractivity contribution is 0.614. The second-order valence-electron chi connectivity index (χ2n) is 3.74. The van der Waals surface area contributed by atoms with Crippen LogP contribution < -0.4 is 15.9 Å². The van der Waals surface area contributed by atoms with Crippen LogP contribution in [0.15, 0.2) is 32.8 Å². The van der Waals surface area contributed by atoms with Gasteiger partial charge in [0.2, 0.25) is 0 Å². The Morgan fingerprint density at radius 2 is 2.39 bits per heavy atom. The molecule has 7 heteroatoms. The number of fused-ring (bicyclic) bond motifs is 1. The van der Waals surface area contributed by atoms with Gasteiger partial charge in [-0.2, -0.15) is 4.98 Å². The van der Waals surface area contributed by atoms with Crippen LogP contribution in [0.1, 0.15) is 5.69 Å². The fraction of sp³-hybridized carbons (Fsp3) is 0.0909. The molecular weight excluding hydrogens is 252 g/mol. The maximum absolute atomic E-state index is 11.0. The van der Waals surface area contributed by atoms with Crippen LogP contribution in [0, 0.1) is 0 Å². The normalized spacial score (nSPS) is 10.9. The number of oxazole rings is 1. The Morgan fingerprint density at radius 1 is 1.50 bits per heavy atom. The number of anilines is 2. The molecule has 0 radical (unpaired) electrons. The predicted molar refractivity (Wildman–Crippen MR) is 70.7 cm³/mol. The number of para-hydroxylation sites is 1. The van der Waals surface area contributed by atoms with E-state index in [4.69, 9.17) is 10.2 Å². The Balaban J connectivity index is 1.83. The second kappa shape index (κ2) is 4.19. The first-order valence-electron chi connectivity index (χ1n) is 5.28. The molecule has 0 unspecified atom stereocenters. The van der Waals surface area contributed by atoms with E-state index in [1.807, 2.05) is 6.07 Å². The predicted octanol–water partition coefficient (Wildman–Crippen LogP) is 1.77. The van der Waals surface area contributed by atoms with Crippen molar-refractivity contribution < 1.29 is 4.42 Å². The Kier molecular flexibility index (Phi) is 2.52. The summed E-state index contributed by atoms with van der Waals surface area (Å²) in [5.74, 6) is 0. The van der Waals surface area contributed by atoms with E-state index in [-0.39, 0.29) is 4.87 Å². The number of nitrogen functional groups attached to an aromatic ring is 1. The number of nitrogens with one attached hydrogen (secondary N) is 2. The van der Waals surface area contributed by atoms with Crippen LogP contribution in [0.4, 0.5) is 11.7 Å². The van der Waals surface area contributed by atoms with Crippen molar-refractivity contribution in [3.63, 3.8) is 0 Å². The van der Waals surface area contributed by atoms with Crippen LogP contribution >= 0.6 is 11.3 Å². The van der Waals surface area contributed by atoms with Gasteiger partial charge in [0.15, 0.2) is 5.58 Å². The van der Waals surface area contributed by atoms with E-state index < -0.39 is 0 Å². The van der Waals surface area contributed by atoms with Gasteiger partial charge in [0.1, 0.15) is 5.52 Å². The zero-order chi connectivity index (χ0) is 12.5. The number of aromatic nitrogens is 2. The van der Waals surface area contributed by atoms with Gasteiger partial charge in [-0.15, -0.1) is 0 Å². The quantitative estimate of drug-likeness (QED) is 0.625. The topological polar surface area (TPSA) is 96.9 Å². The molecule has 0 aliphatic heterocycles. The van der Waals surface area contributed by atoms with E-state index >= 15 is 0 Å². The summed E-state index contributed by atoms with van der Waals surface area (Å²) in [7, 11) is 0. The zero-order valence-electron chi connectivity index (χ0n) is 9.27. The fourth-order valence-electron chi connectivity index (χ4n) is 1.62. The lowest BCUT2D eigenvalue weighted by atomic mass is 10.3. The SMILES string of the molecule is Nc1cccc2oc(NCc3csc(=O)[nH]3)nc12. The maximum Gasteiger partial charge on any atom is 0.304 e. The number of H-pyrrole nitrogens is 1. The largest absolute Gasteiger partial charge is 0.423 e. The van der Waals surface area contributed by atoms with Gasteiger partial charge in [-0.25, -0.2) is 0 Å². The van der Waals surface area contributed by atoms with E-state index in [1.165, 1.54) is 0 Å². The minimum absolute atomic E-state index is 0.0754. The lowest BCUT2D eigenvalue weighted by Crippen LogP contribution is -2.02. The van der Waals surface area contributed by atoms with Crippen molar-refractivity contribution in [3.05, 3.63) is 38.9 Å². The molecule has 92 valence electrons. The van der Waals surface area contributed by atoms with Gasteiger partial charge in [0.25, 0.3) is 6.01 Å². The average molecular weight is 262 g/mol. The third-order valence-electron chi connectivity index (χ3n) is 2.45. The number of aromatic amines is 1. The molecule has 6 nitrogen and oxygen atoms in total. The minimum Gasteiger partial charge on any atom is -0.423 e. The van der Waals surface area contributed by atoms with Crippen LogP contribution in [0.25, 0.3) is 11.1 Å². The molecule has 1 aromatic carbocycles. The van der Waals surface area contributed by atoms with Gasteiger partial charge in [-0.3, -0.25) is 4.79 Å². The van der Waals surface area contributed by atoms with Crippen molar-refractivity contribution in [3.8, 4) is 0 Å². The molecule has 2 heterocycles.